The summed E-state index contributed by atoms with van der Waals surface area (Å²) in [6.45, 7) is 0. The average Bonchev–Trinajstić information content (AvgIpc) is 3.30. The monoisotopic (exact) mass is 288 g/mol. The minimum atomic E-state index is -0.186. The SMILES string of the molecule is COC(=O)C12CCC(c3cc(C4CC4)nn3C)(CC1)CC2. The Hall–Kier alpha value is -1.32. The first-order valence-corrected chi connectivity index (χ1v) is 8.21. The number of carbonyl (C=O) groups excluding carboxylic acids is 1. The van der Waals surface area contributed by atoms with Crippen LogP contribution in [0.2, 0.25) is 0 Å². The van der Waals surface area contributed by atoms with Crippen LogP contribution in [0.25, 0.3) is 0 Å². The van der Waals surface area contributed by atoms with Gasteiger partial charge in [-0.25, -0.2) is 0 Å². The van der Waals surface area contributed by atoms with Crippen LogP contribution in [-0.2, 0) is 22.0 Å². The molecule has 4 saturated carbocycles. The molecule has 21 heavy (non-hydrogen) atoms. The third kappa shape index (κ3) is 1.87. The molecule has 0 spiro atoms. The number of ether oxygens (including phenoxy) is 1. The van der Waals surface area contributed by atoms with Crippen molar-refractivity contribution in [2.75, 3.05) is 7.11 Å². The number of hydrogen-bond acceptors (Lipinski definition) is 3. The molecular formula is C17H24N2O2. The van der Waals surface area contributed by atoms with Gasteiger partial charge in [-0.1, -0.05) is 0 Å². The Morgan fingerprint density at radius 3 is 2.38 bits per heavy atom. The van der Waals surface area contributed by atoms with Crippen molar-refractivity contribution in [3.63, 3.8) is 0 Å². The van der Waals surface area contributed by atoms with Crippen LogP contribution >= 0.6 is 0 Å². The second-order valence-electron chi connectivity index (χ2n) is 7.40. The average molecular weight is 288 g/mol. The lowest BCUT2D eigenvalue weighted by Gasteiger charge is -2.51. The molecule has 0 radical (unpaired) electrons. The van der Waals surface area contributed by atoms with Crippen LogP contribution in [0.15, 0.2) is 6.07 Å². The molecule has 5 rings (SSSR count). The fraction of sp³-hybridized carbons (Fsp3) is 0.765. The van der Waals surface area contributed by atoms with E-state index in [2.05, 4.69) is 17.8 Å². The van der Waals surface area contributed by atoms with E-state index in [-0.39, 0.29) is 16.8 Å². The molecule has 0 unspecified atom stereocenters. The number of aryl methyl sites for hydroxylation is 1. The topological polar surface area (TPSA) is 44.1 Å². The largest absolute Gasteiger partial charge is 0.469 e. The maximum atomic E-state index is 12.1. The van der Waals surface area contributed by atoms with Crippen molar-refractivity contribution in [3.8, 4) is 0 Å². The fourth-order valence-electron chi connectivity index (χ4n) is 4.66. The highest BCUT2D eigenvalue weighted by Gasteiger charge is 2.54. The second kappa shape index (κ2) is 4.34. The number of rotatable bonds is 3. The van der Waals surface area contributed by atoms with Crippen molar-refractivity contribution in [2.45, 2.75) is 62.7 Å². The Bertz CT molecular complexity index is 561. The molecule has 0 aliphatic heterocycles. The van der Waals surface area contributed by atoms with E-state index in [1.54, 1.807) is 0 Å². The van der Waals surface area contributed by atoms with Crippen molar-refractivity contribution < 1.29 is 9.53 Å². The quantitative estimate of drug-likeness (QED) is 0.803. The van der Waals surface area contributed by atoms with Gasteiger partial charge in [-0.2, -0.15) is 5.10 Å². The highest BCUT2D eigenvalue weighted by atomic mass is 16.5. The summed E-state index contributed by atoms with van der Waals surface area (Å²) in [5.74, 6) is 0.724. The first-order valence-electron chi connectivity index (χ1n) is 8.21. The predicted octanol–water partition coefficient (Wildman–Crippen LogP) is 3.06. The molecule has 2 bridgehead atoms. The maximum Gasteiger partial charge on any atom is 0.311 e. The normalized spacial score (nSPS) is 35.0. The molecule has 4 aliphatic carbocycles. The van der Waals surface area contributed by atoms with E-state index >= 15 is 0 Å². The minimum Gasteiger partial charge on any atom is -0.469 e. The van der Waals surface area contributed by atoms with Crippen molar-refractivity contribution >= 4 is 5.97 Å². The number of fused-ring (bicyclic) bond motifs is 3. The lowest BCUT2D eigenvalue weighted by Crippen LogP contribution is -2.49. The summed E-state index contributed by atoms with van der Waals surface area (Å²) < 4.78 is 7.17. The first-order chi connectivity index (χ1) is 10.1. The van der Waals surface area contributed by atoms with Gasteiger partial charge >= 0.3 is 5.97 Å². The summed E-state index contributed by atoms with van der Waals surface area (Å²) in [7, 11) is 3.61. The van der Waals surface area contributed by atoms with Crippen molar-refractivity contribution in [1.82, 2.24) is 9.78 Å². The Kier molecular flexibility index (Phi) is 2.76. The van der Waals surface area contributed by atoms with Gasteiger partial charge in [0.2, 0.25) is 0 Å². The van der Waals surface area contributed by atoms with Crippen molar-refractivity contribution in [2.24, 2.45) is 12.5 Å². The standard InChI is InChI=1S/C17H24N2O2/c1-19-14(11-13(18-19)12-3-4-12)16-5-8-17(9-6-16,10-7-16)15(20)21-2/h11-12H,3-10H2,1-2H3. The summed E-state index contributed by atoms with van der Waals surface area (Å²) in [5, 5.41) is 4.75. The molecule has 0 saturated heterocycles. The van der Waals surface area contributed by atoms with Crippen LogP contribution < -0.4 is 0 Å². The summed E-state index contributed by atoms with van der Waals surface area (Å²) in [5.41, 5.74) is 2.76. The zero-order valence-electron chi connectivity index (χ0n) is 13.0. The maximum absolute atomic E-state index is 12.1. The molecular weight excluding hydrogens is 264 g/mol. The molecule has 1 aromatic rings. The van der Waals surface area contributed by atoms with Gasteiger partial charge in [0.25, 0.3) is 0 Å². The van der Waals surface area contributed by atoms with E-state index in [1.165, 1.54) is 31.3 Å². The summed E-state index contributed by atoms with van der Waals surface area (Å²) in [6, 6.07) is 2.36. The molecule has 0 N–H and O–H groups in total. The highest BCUT2D eigenvalue weighted by Crippen LogP contribution is 2.58. The van der Waals surface area contributed by atoms with E-state index in [1.807, 2.05) is 0 Å². The Morgan fingerprint density at radius 1 is 1.24 bits per heavy atom. The number of carbonyl (C=O) groups is 1. The summed E-state index contributed by atoms with van der Waals surface area (Å²) >= 11 is 0. The van der Waals surface area contributed by atoms with E-state index in [9.17, 15) is 4.79 Å². The Morgan fingerprint density at radius 2 is 1.86 bits per heavy atom. The van der Waals surface area contributed by atoms with E-state index < -0.39 is 0 Å². The summed E-state index contributed by atoms with van der Waals surface area (Å²) in [4.78, 5) is 12.1. The molecule has 0 atom stereocenters. The first kappa shape index (κ1) is 13.4. The molecule has 1 aromatic heterocycles. The third-order valence-corrected chi connectivity index (χ3v) is 6.30. The van der Waals surface area contributed by atoms with Gasteiger partial charge in [-0.05, 0) is 57.4 Å². The van der Waals surface area contributed by atoms with Crippen LogP contribution in [0.4, 0.5) is 0 Å². The van der Waals surface area contributed by atoms with Gasteiger partial charge in [-0.3, -0.25) is 9.48 Å². The molecule has 114 valence electrons. The number of esters is 1. The van der Waals surface area contributed by atoms with Crippen LogP contribution in [-0.4, -0.2) is 22.9 Å². The van der Waals surface area contributed by atoms with Crippen molar-refractivity contribution in [1.29, 1.82) is 0 Å². The highest BCUT2D eigenvalue weighted by molar-refractivity contribution is 5.77. The zero-order chi connectivity index (χ0) is 14.7. The van der Waals surface area contributed by atoms with Crippen LogP contribution in [0.5, 0.6) is 0 Å². The van der Waals surface area contributed by atoms with Crippen LogP contribution in [0.1, 0.15) is 68.7 Å². The smallest absolute Gasteiger partial charge is 0.311 e. The Labute approximate surface area is 125 Å². The molecule has 1 heterocycles. The number of hydrogen-bond donors (Lipinski definition) is 0. The van der Waals surface area contributed by atoms with Crippen molar-refractivity contribution in [3.05, 3.63) is 17.5 Å². The summed E-state index contributed by atoms with van der Waals surface area (Å²) in [6.07, 6.45) is 8.84. The van der Waals surface area contributed by atoms with E-state index in [0.29, 0.717) is 5.92 Å². The molecule has 4 fully saturated rings. The molecule has 4 aliphatic rings. The molecule has 0 amide bonds. The predicted molar refractivity (Wildman–Crippen MR) is 79.0 cm³/mol. The molecule has 4 nitrogen and oxygen atoms in total. The van der Waals surface area contributed by atoms with Gasteiger partial charge in [0.05, 0.1) is 18.2 Å². The van der Waals surface area contributed by atoms with Gasteiger partial charge in [0.15, 0.2) is 0 Å². The number of nitrogens with zero attached hydrogens (tertiary/aromatic N) is 2. The molecule has 4 heteroatoms. The molecule has 0 aromatic carbocycles. The van der Waals surface area contributed by atoms with E-state index in [4.69, 9.17) is 9.84 Å². The van der Waals surface area contributed by atoms with Gasteiger partial charge < -0.3 is 4.74 Å². The Balaban J connectivity index is 1.61. The van der Waals surface area contributed by atoms with Gasteiger partial charge in [0.1, 0.15) is 0 Å². The second-order valence-corrected chi connectivity index (χ2v) is 7.40. The van der Waals surface area contributed by atoms with Crippen LogP contribution in [0, 0.1) is 5.41 Å². The van der Waals surface area contributed by atoms with Gasteiger partial charge in [-0.15, -0.1) is 0 Å². The van der Waals surface area contributed by atoms with Crippen LogP contribution in [0.3, 0.4) is 0 Å². The number of aromatic nitrogens is 2. The lowest BCUT2D eigenvalue weighted by atomic mass is 9.52. The third-order valence-electron chi connectivity index (χ3n) is 6.30. The zero-order valence-corrected chi connectivity index (χ0v) is 13.0. The number of methoxy groups -OCH3 is 1. The fourth-order valence-corrected chi connectivity index (χ4v) is 4.66. The van der Waals surface area contributed by atoms with Gasteiger partial charge in [0, 0.05) is 24.1 Å². The lowest BCUT2D eigenvalue weighted by molar-refractivity contribution is -0.160. The van der Waals surface area contributed by atoms with E-state index in [0.717, 1.165) is 38.5 Å². The minimum absolute atomic E-state index is 0.0134.